The number of carbonyl (C=O) groups is 4. The summed E-state index contributed by atoms with van der Waals surface area (Å²) in [4.78, 5) is 54.1. The van der Waals surface area contributed by atoms with E-state index in [4.69, 9.17) is 5.73 Å². The first kappa shape index (κ1) is 28.1. The van der Waals surface area contributed by atoms with E-state index in [1.54, 1.807) is 63.4 Å². The van der Waals surface area contributed by atoms with Gasteiger partial charge in [-0.3, -0.25) is 24.1 Å². The normalized spacial score (nSPS) is 25.6. The molecule has 4 atom stereocenters. The van der Waals surface area contributed by atoms with Crippen LogP contribution >= 0.6 is 0 Å². The monoisotopic (exact) mass is 561 g/mol. The van der Waals surface area contributed by atoms with Gasteiger partial charge in [-0.15, -0.1) is 0 Å². The highest BCUT2D eigenvalue weighted by Crippen LogP contribution is 2.54. The van der Waals surface area contributed by atoms with Crippen LogP contribution in [0.2, 0.25) is 0 Å². The van der Waals surface area contributed by atoms with Gasteiger partial charge in [0, 0.05) is 42.4 Å². The number of aromatic hydroxyl groups is 1. The van der Waals surface area contributed by atoms with E-state index in [1.165, 1.54) is 4.90 Å². The van der Waals surface area contributed by atoms with Gasteiger partial charge in [0.05, 0.1) is 11.6 Å². The molecule has 6 N–H and O–H groups in total. The standard InChI is InChI=1S/C30H31N3O8/c1-32(2)19-11-16(14-7-5-6-13(8-14)12-34)24(35)21-17(19)9-15-10-18-23(33(3)4)26(37)22(29(31)40)28(39)30(18,41)27(38)20(15)25(21)36/h5-8,11-12,15,18,23,35-36,39,41H,9-10H2,1-4H3,(H2,31,40)/t15-,18-,23-,30-/m1/s1. The second kappa shape index (κ2) is 9.57. The van der Waals surface area contributed by atoms with Crippen LogP contribution < -0.4 is 10.6 Å². The molecular weight excluding hydrogens is 530 g/mol. The fourth-order valence-corrected chi connectivity index (χ4v) is 6.69. The first-order valence-electron chi connectivity index (χ1n) is 13.0. The number of nitrogens with zero attached hydrogens (tertiary/aromatic N) is 2. The third-order valence-electron chi connectivity index (χ3n) is 8.51. The van der Waals surface area contributed by atoms with Crippen molar-refractivity contribution >= 4 is 35.2 Å². The molecule has 1 amide bonds. The zero-order valence-corrected chi connectivity index (χ0v) is 23.0. The van der Waals surface area contributed by atoms with Crippen molar-refractivity contribution in [2.24, 2.45) is 17.6 Å². The molecule has 214 valence electrons. The summed E-state index contributed by atoms with van der Waals surface area (Å²) >= 11 is 0. The van der Waals surface area contributed by atoms with Gasteiger partial charge in [0.25, 0.3) is 5.91 Å². The lowest BCUT2D eigenvalue weighted by molar-refractivity contribution is -0.153. The molecule has 2 aromatic carbocycles. The molecule has 5 rings (SSSR count). The number of amides is 1. The number of hydrogen-bond acceptors (Lipinski definition) is 10. The van der Waals surface area contributed by atoms with Crippen molar-refractivity contribution in [3.05, 3.63) is 63.9 Å². The minimum absolute atomic E-state index is 0.00250. The number of anilines is 1. The predicted molar refractivity (Wildman–Crippen MR) is 149 cm³/mol. The van der Waals surface area contributed by atoms with Crippen molar-refractivity contribution in [2.45, 2.75) is 24.5 Å². The van der Waals surface area contributed by atoms with Crippen molar-refractivity contribution < 1.29 is 39.6 Å². The highest BCUT2D eigenvalue weighted by molar-refractivity contribution is 6.24. The van der Waals surface area contributed by atoms with E-state index in [0.29, 0.717) is 34.2 Å². The molecule has 0 unspecified atom stereocenters. The summed E-state index contributed by atoms with van der Waals surface area (Å²) in [5, 5.41) is 45.9. The van der Waals surface area contributed by atoms with Gasteiger partial charge in [-0.05, 0) is 56.1 Å². The van der Waals surface area contributed by atoms with Crippen LogP contribution in [0.1, 0.15) is 27.9 Å². The number of primary amides is 1. The van der Waals surface area contributed by atoms with Crippen LogP contribution in [-0.2, 0) is 20.8 Å². The molecule has 0 saturated heterocycles. The summed E-state index contributed by atoms with van der Waals surface area (Å²) in [6, 6.07) is 7.12. The molecule has 41 heavy (non-hydrogen) atoms. The Morgan fingerprint density at radius 3 is 2.37 bits per heavy atom. The molecule has 0 aliphatic heterocycles. The van der Waals surface area contributed by atoms with E-state index in [0.717, 1.165) is 0 Å². The Labute approximate surface area is 235 Å². The Kier molecular flexibility index (Phi) is 6.55. The zero-order chi connectivity index (χ0) is 30.1. The molecule has 0 bridgehead atoms. The van der Waals surface area contributed by atoms with Gasteiger partial charge in [-0.1, -0.05) is 18.2 Å². The quantitative estimate of drug-likeness (QED) is 0.265. The van der Waals surface area contributed by atoms with Crippen molar-refractivity contribution in [2.75, 3.05) is 33.1 Å². The summed E-state index contributed by atoms with van der Waals surface area (Å²) in [5.41, 5.74) is 3.94. The molecule has 2 aromatic rings. The molecule has 3 aliphatic carbocycles. The number of aliphatic hydroxyl groups excluding tert-OH is 2. The number of Topliss-reactive ketones (excluding diaryl/α,β-unsaturated/α-hetero) is 2. The Bertz CT molecular complexity index is 1600. The van der Waals surface area contributed by atoms with Crippen molar-refractivity contribution in [3.8, 4) is 16.9 Å². The molecule has 3 aliphatic rings. The minimum Gasteiger partial charge on any atom is -0.508 e. The molecule has 0 radical (unpaired) electrons. The summed E-state index contributed by atoms with van der Waals surface area (Å²) < 4.78 is 0. The van der Waals surface area contributed by atoms with Gasteiger partial charge >= 0.3 is 0 Å². The molecule has 0 heterocycles. The number of nitrogens with two attached hydrogens (primary N) is 1. The lowest BCUT2D eigenvalue weighted by Gasteiger charge is -2.50. The van der Waals surface area contributed by atoms with Crippen LogP contribution in [-0.4, -0.2) is 88.9 Å². The largest absolute Gasteiger partial charge is 0.508 e. The van der Waals surface area contributed by atoms with E-state index >= 15 is 0 Å². The summed E-state index contributed by atoms with van der Waals surface area (Å²) in [7, 11) is 6.68. The second-order valence-corrected chi connectivity index (χ2v) is 11.2. The number of aldehydes is 1. The van der Waals surface area contributed by atoms with Crippen LogP contribution in [0, 0.1) is 11.8 Å². The molecule has 0 aromatic heterocycles. The van der Waals surface area contributed by atoms with E-state index in [-0.39, 0.29) is 29.7 Å². The number of benzene rings is 2. The van der Waals surface area contributed by atoms with E-state index in [2.05, 4.69) is 0 Å². The number of hydrogen-bond donors (Lipinski definition) is 5. The first-order valence-corrected chi connectivity index (χ1v) is 13.0. The zero-order valence-electron chi connectivity index (χ0n) is 23.0. The van der Waals surface area contributed by atoms with Crippen molar-refractivity contribution in [1.82, 2.24) is 4.90 Å². The lowest BCUT2D eigenvalue weighted by Crippen LogP contribution is -2.65. The van der Waals surface area contributed by atoms with E-state index in [1.807, 2.05) is 0 Å². The number of ketones is 2. The van der Waals surface area contributed by atoms with Gasteiger partial charge in [0.15, 0.2) is 11.4 Å². The minimum atomic E-state index is -2.71. The van der Waals surface area contributed by atoms with Crippen molar-refractivity contribution in [1.29, 1.82) is 0 Å². The van der Waals surface area contributed by atoms with Crippen LogP contribution in [0.15, 0.2) is 47.2 Å². The van der Waals surface area contributed by atoms with Crippen LogP contribution in [0.25, 0.3) is 16.9 Å². The fourth-order valence-electron chi connectivity index (χ4n) is 6.69. The molecule has 0 spiro atoms. The molecule has 11 heteroatoms. The number of rotatable bonds is 5. The van der Waals surface area contributed by atoms with Gasteiger partial charge in [0.2, 0.25) is 5.78 Å². The lowest BCUT2D eigenvalue weighted by atomic mass is 9.57. The average molecular weight is 562 g/mol. The second-order valence-electron chi connectivity index (χ2n) is 11.2. The molecule has 1 saturated carbocycles. The number of likely N-dealkylation sites (N-methyl/N-ethyl adjacent to an activating group) is 1. The first-order chi connectivity index (χ1) is 19.2. The topological polar surface area (TPSA) is 182 Å². The Hall–Kier alpha value is -4.48. The van der Waals surface area contributed by atoms with Gasteiger partial charge in [0.1, 0.15) is 29.1 Å². The van der Waals surface area contributed by atoms with Crippen LogP contribution in [0.5, 0.6) is 5.75 Å². The number of phenols is 1. The highest BCUT2D eigenvalue weighted by Gasteiger charge is 2.64. The molecule has 11 nitrogen and oxygen atoms in total. The number of aliphatic hydroxyl groups is 3. The summed E-state index contributed by atoms with van der Waals surface area (Å²) in [6.45, 7) is 0. The summed E-state index contributed by atoms with van der Waals surface area (Å²) in [6.07, 6.45) is 0.844. The Balaban J connectivity index is 1.78. The number of fused-ring (bicyclic) bond motifs is 3. The van der Waals surface area contributed by atoms with Gasteiger partial charge < -0.3 is 31.1 Å². The summed E-state index contributed by atoms with van der Waals surface area (Å²) in [5.74, 6) is -7.03. The van der Waals surface area contributed by atoms with Gasteiger partial charge in [-0.25, -0.2) is 0 Å². The van der Waals surface area contributed by atoms with Crippen molar-refractivity contribution in [3.63, 3.8) is 0 Å². The highest BCUT2D eigenvalue weighted by atomic mass is 16.3. The van der Waals surface area contributed by atoms with E-state index in [9.17, 15) is 39.6 Å². The average Bonchev–Trinajstić information content (AvgIpc) is 2.90. The third-order valence-corrected chi connectivity index (χ3v) is 8.51. The Morgan fingerprint density at radius 2 is 1.78 bits per heavy atom. The maximum Gasteiger partial charge on any atom is 0.255 e. The van der Waals surface area contributed by atoms with Crippen LogP contribution in [0.4, 0.5) is 5.69 Å². The maximum absolute atomic E-state index is 14.1. The van der Waals surface area contributed by atoms with Crippen LogP contribution in [0.3, 0.4) is 0 Å². The van der Waals surface area contributed by atoms with E-state index < -0.39 is 58.0 Å². The maximum atomic E-state index is 14.1. The molecular formula is C30H31N3O8. The number of carbonyl (C=O) groups excluding carboxylic acids is 4. The smallest absolute Gasteiger partial charge is 0.255 e. The SMILES string of the molecule is CN(C)c1cc(-c2cccc(C=O)c2)c(O)c2c1C[C@@H]1C[C@@H]3[C@@H](N(C)C)C(=O)C(C(N)=O)=C(O)[C@]3(O)C(=O)C1=C2O. The predicted octanol–water partition coefficient (Wildman–Crippen LogP) is 1.51. The molecule has 1 fully saturated rings. The number of phenolic OH excluding ortho intramolecular Hbond substituents is 1. The van der Waals surface area contributed by atoms with Gasteiger partial charge in [-0.2, -0.15) is 0 Å². The third kappa shape index (κ3) is 3.87. The Morgan fingerprint density at radius 1 is 1.10 bits per heavy atom. The fraction of sp³-hybridized carbons (Fsp3) is 0.333.